The lowest BCUT2D eigenvalue weighted by atomic mass is 10.1. The van der Waals surface area contributed by atoms with Gasteiger partial charge in [0.2, 0.25) is 0 Å². The Hall–Kier alpha value is -3.88. The second-order valence-electron chi connectivity index (χ2n) is 7.15. The van der Waals surface area contributed by atoms with Crippen molar-refractivity contribution in [1.29, 1.82) is 0 Å². The monoisotopic (exact) mass is 409 g/mol. The highest BCUT2D eigenvalue weighted by atomic mass is 19.1. The summed E-state index contributed by atoms with van der Waals surface area (Å²) in [5.74, 6) is -0.427. The van der Waals surface area contributed by atoms with E-state index in [1.807, 2.05) is 32.2 Å². The van der Waals surface area contributed by atoms with Crippen molar-refractivity contribution in [2.75, 3.05) is 10.2 Å². The molecule has 0 bridgehead atoms. The minimum atomic E-state index is -1.20. The number of carboxylic acid groups (broad SMARTS) is 1. The fourth-order valence-electron chi connectivity index (χ4n) is 3.47. The first kappa shape index (κ1) is 19.4. The third-order valence-corrected chi connectivity index (χ3v) is 4.99. The molecule has 3 aromatic rings. The Labute approximate surface area is 171 Å². The van der Waals surface area contributed by atoms with E-state index < -0.39 is 17.8 Å². The zero-order valence-electron chi connectivity index (χ0n) is 16.4. The molecule has 0 unspecified atom stereocenters. The van der Waals surface area contributed by atoms with Crippen molar-refractivity contribution in [3.8, 4) is 0 Å². The van der Waals surface area contributed by atoms with Gasteiger partial charge in [-0.3, -0.25) is 9.48 Å². The first-order chi connectivity index (χ1) is 14.3. The van der Waals surface area contributed by atoms with E-state index in [0.29, 0.717) is 11.3 Å². The summed E-state index contributed by atoms with van der Waals surface area (Å²) < 4.78 is 16.5. The Morgan fingerprint density at radius 2 is 2.07 bits per heavy atom. The largest absolute Gasteiger partial charge is 0.465 e. The SMILES string of the molecule is Cc1ccc2c(c1)Nc1c(cnn1C)CN2C(=O)c1ccc(CNC(=O)O)cc1F. The number of benzene rings is 2. The van der Waals surface area contributed by atoms with Crippen molar-refractivity contribution < 1.29 is 19.1 Å². The summed E-state index contributed by atoms with van der Waals surface area (Å²) in [6.45, 7) is 2.13. The highest BCUT2D eigenvalue weighted by Gasteiger charge is 2.28. The fourth-order valence-corrected chi connectivity index (χ4v) is 3.47. The Morgan fingerprint density at radius 3 is 2.80 bits per heavy atom. The number of carbonyl (C=O) groups is 2. The molecule has 2 heterocycles. The summed E-state index contributed by atoms with van der Waals surface area (Å²) in [7, 11) is 1.81. The number of nitrogens with one attached hydrogen (secondary N) is 2. The van der Waals surface area contributed by atoms with Gasteiger partial charge in [0, 0.05) is 19.2 Å². The standard InChI is InChI=1S/C21H20FN5O3/c1-12-3-6-18-17(7-12)25-19-14(10-24-26(19)2)11-27(18)20(28)15-5-4-13(8-16(15)22)9-23-21(29)30/h3-8,10,23,25H,9,11H2,1-2H3,(H,29,30). The summed E-state index contributed by atoms with van der Waals surface area (Å²) in [4.78, 5) is 25.5. The minimum Gasteiger partial charge on any atom is -0.465 e. The van der Waals surface area contributed by atoms with Crippen molar-refractivity contribution in [3.63, 3.8) is 0 Å². The smallest absolute Gasteiger partial charge is 0.404 e. The molecule has 9 heteroatoms. The number of hydrogen-bond donors (Lipinski definition) is 3. The van der Waals surface area contributed by atoms with Gasteiger partial charge in [-0.25, -0.2) is 9.18 Å². The molecule has 3 N–H and O–H groups in total. The van der Waals surface area contributed by atoms with Gasteiger partial charge in [-0.1, -0.05) is 12.1 Å². The molecule has 30 heavy (non-hydrogen) atoms. The molecule has 154 valence electrons. The van der Waals surface area contributed by atoms with E-state index in [9.17, 15) is 14.0 Å². The maximum atomic E-state index is 14.8. The normalized spacial score (nSPS) is 12.4. The van der Waals surface area contributed by atoms with E-state index in [-0.39, 0.29) is 18.7 Å². The fraction of sp³-hybridized carbons (Fsp3) is 0.190. The first-order valence-corrected chi connectivity index (χ1v) is 9.29. The molecule has 1 aromatic heterocycles. The lowest BCUT2D eigenvalue weighted by molar-refractivity contribution is 0.0981. The average molecular weight is 409 g/mol. The van der Waals surface area contributed by atoms with Crippen molar-refractivity contribution in [3.05, 3.63) is 70.7 Å². The molecular weight excluding hydrogens is 389 g/mol. The van der Waals surface area contributed by atoms with Gasteiger partial charge >= 0.3 is 6.09 Å². The molecule has 0 spiro atoms. The molecule has 0 aliphatic carbocycles. The van der Waals surface area contributed by atoms with E-state index in [0.717, 1.165) is 22.6 Å². The van der Waals surface area contributed by atoms with Gasteiger partial charge in [-0.2, -0.15) is 5.10 Å². The number of aromatic nitrogens is 2. The maximum absolute atomic E-state index is 14.8. The van der Waals surface area contributed by atoms with Gasteiger partial charge in [-0.15, -0.1) is 0 Å². The van der Waals surface area contributed by atoms with Gasteiger partial charge in [0.25, 0.3) is 5.91 Å². The summed E-state index contributed by atoms with van der Waals surface area (Å²) in [5.41, 5.74) is 3.52. The maximum Gasteiger partial charge on any atom is 0.404 e. The quantitative estimate of drug-likeness (QED) is 0.615. The molecule has 8 nitrogen and oxygen atoms in total. The number of amides is 2. The van der Waals surface area contributed by atoms with E-state index in [4.69, 9.17) is 5.11 Å². The predicted octanol–water partition coefficient (Wildman–Crippen LogP) is 3.54. The van der Waals surface area contributed by atoms with Gasteiger partial charge in [-0.05, 0) is 42.3 Å². The Bertz CT molecular complexity index is 1160. The number of aryl methyl sites for hydroxylation is 2. The Kier molecular flexibility index (Phi) is 4.86. The first-order valence-electron chi connectivity index (χ1n) is 9.29. The average Bonchev–Trinajstić information content (AvgIpc) is 2.95. The van der Waals surface area contributed by atoms with Crippen molar-refractivity contribution >= 4 is 29.2 Å². The number of nitrogens with zero attached hydrogens (tertiary/aromatic N) is 3. The third kappa shape index (κ3) is 3.57. The zero-order valence-corrected chi connectivity index (χ0v) is 16.4. The van der Waals surface area contributed by atoms with Crippen molar-refractivity contribution in [1.82, 2.24) is 15.1 Å². The van der Waals surface area contributed by atoms with Crippen LogP contribution in [0.15, 0.2) is 42.6 Å². The summed E-state index contributed by atoms with van der Waals surface area (Å²) in [6, 6.07) is 9.74. The van der Waals surface area contributed by atoms with Gasteiger partial charge < -0.3 is 20.6 Å². The van der Waals surface area contributed by atoms with E-state index in [1.165, 1.54) is 23.1 Å². The van der Waals surface area contributed by atoms with Crippen LogP contribution in [0, 0.1) is 12.7 Å². The van der Waals surface area contributed by atoms with Gasteiger partial charge in [0.1, 0.15) is 11.6 Å². The van der Waals surface area contributed by atoms with Crippen molar-refractivity contribution in [2.45, 2.75) is 20.0 Å². The summed E-state index contributed by atoms with van der Waals surface area (Å²) in [5, 5.41) is 18.5. The topological polar surface area (TPSA) is 99.5 Å². The van der Waals surface area contributed by atoms with Crippen LogP contribution in [0.1, 0.15) is 27.0 Å². The van der Waals surface area contributed by atoms with Crippen molar-refractivity contribution in [2.24, 2.45) is 7.05 Å². The molecule has 0 radical (unpaired) electrons. The molecule has 0 fully saturated rings. The highest BCUT2D eigenvalue weighted by Crippen LogP contribution is 2.37. The molecule has 0 atom stereocenters. The molecule has 2 aromatic carbocycles. The van der Waals surface area contributed by atoms with Crippen LogP contribution in [0.2, 0.25) is 0 Å². The van der Waals surface area contributed by atoms with Crippen LogP contribution >= 0.6 is 0 Å². The number of carbonyl (C=O) groups excluding carboxylic acids is 1. The summed E-state index contributed by atoms with van der Waals surface area (Å²) >= 11 is 0. The van der Waals surface area contributed by atoms with E-state index in [2.05, 4.69) is 15.7 Å². The van der Waals surface area contributed by atoms with E-state index >= 15 is 0 Å². The van der Waals surface area contributed by atoms with Gasteiger partial charge in [0.15, 0.2) is 0 Å². The molecule has 1 aliphatic heterocycles. The van der Waals surface area contributed by atoms with Crippen LogP contribution in [-0.4, -0.2) is 26.9 Å². The number of halogens is 1. The van der Waals surface area contributed by atoms with Crippen LogP contribution in [0.3, 0.4) is 0 Å². The molecule has 0 saturated heterocycles. The lowest BCUT2D eigenvalue weighted by Gasteiger charge is -2.23. The number of fused-ring (bicyclic) bond motifs is 2. The summed E-state index contributed by atoms with van der Waals surface area (Å²) in [6.07, 6.45) is 0.477. The van der Waals surface area contributed by atoms with Crippen LogP contribution in [0.25, 0.3) is 0 Å². The number of anilines is 3. The second-order valence-corrected chi connectivity index (χ2v) is 7.15. The molecule has 2 amide bonds. The number of hydrogen-bond acceptors (Lipinski definition) is 4. The molecule has 0 saturated carbocycles. The zero-order chi connectivity index (χ0) is 21.4. The highest BCUT2D eigenvalue weighted by molar-refractivity contribution is 6.08. The van der Waals surface area contributed by atoms with Crippen LogP contribution < -0.4 is 15.5 Å². The van der Waals surface area contributed by atoms with Crippen LogP contribution in [0.4, 0.5) is 26.4 Å². The minimum absolute atomic E-state index is 0.0461. The van der Waals surface area contributed by atoms with Gasteiger partial charge in [0.05, 0.1) is 29.7 Å². The Morgan fingerprint density at radius 1 is 1.27 bits per heavy atom. The number of rotatable bonds is 3. The predicted molar refractivity (Wildman–Crippen MR) is 109 cm³/mol. The molecule has 1 aliphatic rings. The second kappa shape index (κ2) is 7.51. The van der Waals surface area contributed by atoms with Crippen LogP contribution in [0.5, 0.6) is 0 Å². The van der Waals surface area contributed by atoms with E-state index in [1.54, 1.807) is 10.9 Å². The molecule has 4 rings (SSSR count). The third-order valence-electron chi connectivity index (χ3n) is 4.99. The molecular formula is C21H20FN5O3. The van der Waals surface area contributed by atoms with Crippen LogP contribution in [-0.2, 0) is 20.1 Å². The lowest BCUT2D eigenvalue weighted by Crippen LogP contribution is -2.31. The Balaban J connectivity index is 1.72.